The van der Waals surface area contributed by atoms with Crippen molar-refractivity contribution in [2.24, 2.45) is 0 Å². The topological polar surface area (TPSA) is 24.1 Å². The minimum atomic E-state index is 0. The normalized spacial score (nSPS) is 10.5. The van der Waals surface area contributed by atoms with E-state index in [1.54, 1.807) is 0 Å². The third-order valence-corrected chi connectivity index (χ3v) is 9.59. The maximum atomic E-state index is 5.09. The van der Waals surface area contributed by atoms with Crippen LogP contribution in [0.25, 0.3) is 0 Å². The molecule has 0 heterocycles. The first kappa shape index (κ1) is 49.2. The van der Waals surface area contributed by atoms with Crippen molar-refractivity contribution >= 4 is 119 Å². The van der Waals surface area contributed by atoms with Crippen molar-refractivity contribution in [2.75, 3.05) is 10.6 Å². The maximum Gasteiger partial charge on any atom is 2.00 e. The van der Waals surface area contributed by atoms with E-state index >= 15 is 0 Å². The van der Waals surface area contributed by atoms with Crippen molar-refractivity contribution in [1.82, 2.24) is 0 Å². The average molecular weight is 867 g/mol. The fourth-order valence-electron chi connectivity index (χ4n) is 6.43. The summed E-state index contributed by atoms with van der Waals surface area (Å²) in [5.41, 5.74) is 8.12. The third kappa shape index (κ3) is 25.0. The van der Waals surface area contributed by atoms with Gasteiger partial charge in [0.25, 0.3) is 0 Å². The molecule has 7 heteroatoms. The second-order valence-electron chi connectivity index (χ2n) is 13.4. The summed E-state index contributed by atoms with van der Waals surface area (Å²) in [6, 6.07) is 13.1. The van der Waals surface area contributed by atoms with Gasteiger partial charge in [-0.25, -0.2) is 0 Å². The van der Waals surface area contributed by atoms with Crippen LogP contribution in [0.1, 0.15) is 178 Å². The van der Waals surface area contributed by atoms with Gasteiger partial charge in [0.1, 0.15) is 0 Å². The second-order valence-corrected chi connectivity index (χ2v) is 15.5. The predicted molar refractivity (Wildman–Crippen MR) is 236 cm³/mol. The van der Waals surface area contributed by atoms with Gasteiger partial charge in [-0.1, -0.05) is 163 Å². The van der Waals surface area contributed by atoms with Crippen LogP contribution >= 0.6 is 24.4 Å². The first-order valence-electron chi connectivity index (χ1n) is 19.5. The van der Waals surface area contributed by atoms with Crippen LogP contribution in [0.5, 0.6) is 0 Å². The Kier molecular flexibility index (Phi) is 34.2. The first-order chi connectivity index (χ1) is 23.4. The van der Waals surface area contributed by atoms with Crippen LogP contribution in [0.4, 0.5) is 11.4 Å². The van der Waals surface area contributed by atoms with Gasteiger partial charge in [0.15, 0.2) is 0 Å². The van der Waals surface area contributed by atoms with Gasteiger partial charge in [-0.2, -0.15) is 0 Å². The quantitative estimate of drug-likeness (QED) is 0.0423. The summed E-state index contributed by atoms with van der Waals surface area (Å²) < 4.78 is 0.893. The largest absolute Gasteiger partial charge is 2.00 e. The van der Waals surface area contributed by atoms with Gasteiger partial charge in [0, 0.05) is 11.4 Å². The molecule has 0 amide bonds. The Labute approximate surface area is 365 Å². The first-order valence-corrected chi connectivity index (χ1v) is 21.2. The van der Waals surface area contributed by atoms with E-state index in [9.17, 15) is 0 Å². The Hall–Kier alpha value is 0.231. The fraction of sp³-hybridized carbons (Fsp3) is 0.667. The minimum absolute atomic E-state index is 0. The molecule has 0 saturated carbocycles. The van der Waals surface area contributed by atoms with Crippen LogP contribution < -0.4 is 10.6 Å². The number of thiocarbonyl (C=S) groups is 2. The molecule has 2 aromatic carbocycles. The zero-order valence-electron chi connectivity index (χ0n) is 31.8. The molecule has 0 fully saturated rings. The number of rotatable bonds is 26. The standard InChI is InChI=1S/2C21H35NS2.Ba/c2*1-3-5-7-9-11-14-18-15-13-17-20(22-21(23)24)19(18)16-12-10-8-6-4-2;/h2*13,15,17H,3-12,14,16H2,1-2H3,(H2,22,23,24);/q;;+2/p-2. The van der Waals surface area contributed by atoms with E-state index in [2.05, 4.69) is 74.7 Å². The Morgan fingerprint density at radius 1 is 0.449 bits per heavy atom. The monoisotopic (exact) mass is 866 g/mol. The smallest absolute Gasteiger partial charge is 0.411 e. The van der Waals surface area contributed by atoms with Crippen molar-refractivity contribution in [1.29, 1.82) is 0 Å². The molecule has 2 nitrogen and oxygen atoms in total. The van der Waals surface area contributed by atoms with Crippen molar-refractivity contribution in [3.05, 3.63) is 58.7 Å². The molecule has 0 bridgehead atoms. The molecule has 2 rings (SSSR count). The molecule has 0 aliphatic rings. The van der Waals surface area contributed by atoms with E-state index in [-0.39, 0.29) is 48.9 Å². The van der Waals surface area contributed by atoms with Gasteiger partial charge in [0.05, 0.1) is 0 Å². The van der Waals surface area contributed by atoms with E-state index in [0.29, 0.717) is 8.64 Å². The Morgan fingerprint density at radius 3 is 1.02 bits per heavy atom. The van der Waals surface area contributed by atoms with Crippen LogP contribution in [0.2, 0.25) is 0 Å². The van der Waals surface area contributed by atoms with Crippen LogP contribution in [-0.2, 0) is 50.9 Å². The van der Waals surface area contributed by atoms with Crippen LogP contribution in [0, 0.1) is 0 Å². The van der Waals surface area contributed by atoms with E-state index in [1.165, 1.54) is 164 Å². The molecule has 2 N–H and O–H groups in total. The van der Waals surface area contributed by atoms with Crippen LogP contribution in [0.3, 0.4) is 0 Å². The average Bonchev–Trinajstić information content (AvgIpc) is 3.06. The third-order valence-electron chi connectivity index (χ3n) is 9.18. The molecule has 0 unspecified atom stereocenters. The fourth-order valence-corrected chi connectivity index (χ4v) is 6.87. The van der Waals surface area contributed by atoms with E-state index in [1.807, 2.05) is 0 Å². The molecule has 0 saturated heterocycles. The van der Waals surface area contributed by atoms with E-state index in [0.717, 1.165) is 24.2 Å². The minimum Gasteiger partial charge on any atom is -0.411 e. The summed E-state index contributed by atoms with van der Waals surface area (Å²) in [5.74, 6) is 0. The molecule has 0 radical (unpaired) electrons. The molecule has 0 aromatic heterocycles. The SMILES string of the molecule is CCCCCCCc1cccc(NC(=S)[S-])c1CCCCCCC.CCCCCCCc1cccc(NC(=S)[S-])c1CCCCCCC.[Ba+2]. The van der Waals surface area contributed by atoms with Gasteiger partial charge < -0.3 is 60.3 Å². The second kappa shape index (κ2) is 34.0. The summed E-state index contributed by atoms with van der Waals surface area (Å²) in [7, 11) is 0. The van der Waals surface area contributed by atoms with E-state index in [4.69, 9.17) is 49.7 Å². The Morgan fingerprint density at radius 2 is 0.735 bits per heavy atom. The van der Waals surface area contributed by atoms with Crippen molar-refractivity contribution in [2.45, 2.75) is 182 Å². The Bertz CT molecular complexity index is 1040. The zero-order chi connectivity index (χ0) is 35.2. The summed E-state index contributed by atoms with van der Waals surface area (Å²) in [6.07, 6.45) is 31.0. The Balaban J connectivity index is 0.000000922. The van der Waals surface area contributed by atoms with E-state index < -0.39 is 0 Å². The van der Waals surface area contributed by atoms with Crippen LogP contribution in [-0.4, -0.2) is 57.5 Å². The molecule has 2 aromatic rings. The van der Waals surface area contributed by atoms with Gasteiger partial charge in [-0.15, -0.1) is 0 Å². The maximum absolute atomic E-state index is 5.09. The summed E-state index contributed by atoms with van der Waals surface area (Å²) in [5, 5.41) is 6.45. The number of aryl methyl sites for hydroxylation is 2. The molecular formula is C42H68BaN2S4. The molecule has 0 aliphatic heterocycles. The number of anilines is 2. The molecule has 272 valence electrons. The molecule has 0 spiro atoms. The van der Waals surface area contributed by atoms with Crippen molar-refractivity contribution in [3.63, 3.8) is 0 Å². The molecule has 0 aliphatic carbocycles. The number of benzene rings is 2. The number of unbranched alkanes of at least 4 members (excludes halogenated alkanes) is 16. The van der Waals surface area contributed by atoms with Gasteiger partial charge in [0.2, 0.25) is 0 Å². The van der Waals surface area contributed by atoms with Gasteiger partial charge in [-0.05, 0) is 85.8 Å². The van der Waals surface area contributed by atoms with Crippen LogP contribution in [0.15, 0.2) is 36.4 Å². The molecular weight excluding hydrogens is 798 g/mol. The van der Waals surface area contributed by atoms with Crippen molar-refractivity contribution in [3.8, 4) is 0 Å². The number of hydrogen-bond acceptors (Lipinski definition) is 4. The van der Waals surface area contributed by atoms with Gasteiger partial charge >= 0.3 is 48.9 Å². The molecule has 49 heavy (non-hydrogen) atoms. The number of hydrogen-bond donors (Lipinski definition) is 2. The summed E-state index contributed by atoms with van der Waals surface area (Å²) in [4.78, 5) is 0. The summed E-state index contributed by atoms with van der Waals surface area (Å²) in [6.45, 7) is 9.06. The zero-order valence-corrected chi connectivity index (χ0v) is 39.5. The molecule has 0 atom stereocenters. The number of nitrogens with one attached hydrogen (secondary N) is 2. The summed E-state index contributed by atoms with van der Waals surface area (Å²) >= 11 is 20.4. The van der Waals surface area contributed by atoms with Crippen molar-refractivity contribution < 1.29 is 0 Å². The van der Waals surface area contributed by atoms with Gasteiger partial charge in [-0.3, -0.25) is 0 Å². The predicted octanol–water partition coefficient (Wildman–Crippen LogP) is 13.5.